The highest BCUT2D eigenvalue weighted by Gasteiger charge is 2.36. The summed E-state index contributed by atoms with van der Waals surface area (Å²) >= 11 is 0. The number of benzene rings is 2. The molecule has 0 aliphatic carbocycles. The van der Waals surface area contributed by atoms with E-state index in [2.05, 4.69) is 10.6 Å². The molecule has 0 fully saturated rings. The normalized spacial score (nSPS) is 10.7. The van der Waals surface area contributed by atoms with E-state index in [0.29, 0.717) is 28.6 Å². The lowest BCUT2D eigenvalue weighted by Gasteiger charge is -2.23. The first-order valence-electron chi connectivity index (χ1n) is 8.30. The van der Waals surface area contributed by atoms with Gasteiger partial charge in [0.15, 0.2) is 0 Å². The van der Waals surface area contributed by atoms with Crippen LogP contribution in [0.4, 0.5) is 11.4 Å². The molecule has 2 N–H and O–H groups in total. The molecular formula is C20H24N2O5. The Bertz CT molecular complexity index is 816. The van der Waals surface area contributed by atoms with Crippen molar-refractivity contribution in [3.8, 4) is 17.2 Å². The van der Waals surface area contributed by atoms with E-state index in [-0.39, 0.29) is 0 Å². The second-order valence-corrected chi connectivity index (χ2v) is 6.33. The molecule has 27 heavy (non-hydrogen) atoms. The summed E-state index contributed by atoms with van der Waals surface area (Å²) in [5.41, 5.74) is -0.289. The Morgan fingerprint density at radius 1 is 0.778 bits per heavy atom. The van der Waals surface area contributed by atoms with Crippen LogP contribution >= 0.6 is 0 Å². The smallest absolute Gasteiger partial charge is 0.239 e. The van der Waals surface area contributed by atoms with Crippen molar-refractivity contribution in [2.45, 2.75) is 13.8 Å². The first-order valence-corrected chi connectivity index (χ1v) is 8.30. The maximum atomic E-state index is 12.7. The van der Waals surface area contributed by atoms with Crippen LogP contribution in [0.2, 0.25) is 0 Å². The lowest BCUT2D eigenvalue weighted by molar-refractivity contribution is -0.135. The summed E-state index contributed by atoms with van der Waals surface area (Å²) in [6, 6.07) is 11.9. The monoisotopic (exact) mass is 372 g/mol. The molecule has 0 bridgehead atoms. The predicted octanol–water partition coefficient (Wildman–Crippen LogP) is 3.32. The molecule has 0 saturated heterocycles. The number of anilines is 2. The molecule has 0 saturated carbocycles. The summed E-state index contributed by atoms with van der Waals surface area (Å²) in [4.78, 5) is 25.3. The Labute approximate surface area is 158 Å². The molecule has 0 spiro atoms. The summed E-state index contributed by atoms with van der Waals surface area (Å²) in [7, 11) is 4.60. The molecule has 144 valence electrons. The zero-order valence-electron chi connectivity index (χ0n) is 16.1. The molecule has 0 heterocycles. The van der Waals surface area contributed by atoms with E-state index in [9.17, 15) is 9.59 Å². The molecule has 2 amide bonds. The third-order valence-electron chi connectivity index (χ3n) is 4.14. The predicted molar refractivity (Wildman–Crippen MR) is 104 cm³/mol. The minimum atomic E-state index is -1.31. The third-order valence-corrected chi connectivity index (χ3v) is 4.14. The van der Waals surface area contributed by atoms with Gasteiger partial charge in [-0.2, -0.15) is 0 Å². The van der Waals surface area contributed by atoms with Crippen LogP contribution in [0.1, 0.15) is 13.8 Å². The Kier molecular flexibility index (Phi) is 6.28. The molecule has 0 aliphatic heterocycles. The maximum absolute atomic E-state index is 12.7. The average Bonchev–Trinajstić information content (AvgIpc) is 2.68. The molecule has 0 radical (unpaired) electrons. The van der Waals surface area contributed by atoms with Gasteiger partial charge in [-0.1, -0.05) is 0 Å². The number of ether oxygens (including phenoxy) is 3. The molecule has 0 aromatic heterocycles. The number of nitrogens with one attached hydrogen (secondary N) is 2. The van der Waals surface area contributed by atoms with Crippen LogP contribution < -0.4 is 24.8 Å². The average molecular weight is 372 g/mol. The standard InChI is InChI=1S/C20H24N2O5/c1-20(2,18(23)21-13-6-8-14(25-3)9-7-13)19(24)22-16-11-10-15(26-4)12-17(16)27-5/h6-12H,1-5H3,(H,21,23)(H,22,24). The van der Waals surface area contributed by atoms with E-state index in [0.717, 1.165) is 0 Å². The Balaban J connectivity index is 2.12. The fourth-order valence-electron chi connectivity index (χ4n) is 2.25. The van der Waals surface area contributed by atoms with Gasteiger partial charge in [-0.15, -0.1) is 0 Å². The number of carbonyl (C=O) groups excluding carboxylic acids is 2. The Hall–Kier alpha value is -3.22. The maximum Gasteiger partial charge on any atom is 0.239 e. The van der Waals surface area contributed by atoms with E-state index in [1.54, 1.807) is 70.5 Å². The molecule has 0 atom stereocenters. The van der Waals surface area contributed by atoms with Gasteiger partial charge in [0.2, 0.25) is 11.8 Å². The van der Waals surface area contributed by atoms with Crippen LogP contribution in [0.25, 0.3) is 0 Å². The van der Waals surface area contributed by atoms with Crippen LogP contribution in [0.3, 0.4) is 0 Å². The summed E-state index contributed by atoms with van der Waals surface area (Å²) in [6.07, 6.45) is 0. The summed E-state index contributed by atoms with van der Waals surface area (Å²) in [6.45, 7) is 3.11. The van der Waals surface area contributed by atoms with Gasteiger partial charge in [0, 0.05) is 11.8 Å². The van der Waals surface area contributed by atoms with E-state index < -0.39 is 17.2 Å². The van der Waals surface area contributed by atoms with Gasteiger partial charge >= 0.3 is 0 Å². The van der Waals surface area contributed by atoms with E-state index >= 15 is 0 Å². The molecule has 0 aliphatic rings. The van der Waals surface area contributed by atoms with Crippen molar-refractivity contribution in [3.63, 3.8) is 0 Å². The van der Waals surface area contributed by atoms with Crippen LogP contribution in [-0.4, -0.2) is 33.1 Å². The summed E-state index contributed by atoms with van der Waals surface area (Å²) < 4.78 is 15.5. The van der Waals surface area contributed by atoms with Gasteiger partial charge in [-0.3, -0.25) is 9.59 Å². The van der Waals surface area contributed by atoms with Crippen LogP contribution in [0, 0.1) is 5.41 Å². The minimum Gasteiger partial charge on any atom is -0.497 e. The van der Waals surface area contributed by atoms with Crippen LogP contribution in [0.15, 0.2) is 42.5 Å². The van der Waals surface area contributed by atoms with Crippen molar-refractivity contribution in [1.82, 2.24) is 0 Å². The SMILES string of the molecule is COc1ccc(NC(=O)C(C)(C)C(=O)Nc2ccc(OC)cc2OC)cc1. The van der Waals surface area contributed by atoms with E-state index in [4.69, 9.17) is 14.2 Å². The molecule has 0 unspecified atom stereocenters. The molecule has 7 heteroatoms. The van der Waals surface area contributed by atoms with Crippen molar-refractivity contribution >= 4 is 23.2 Å². The molecule has 7 nitrogen and oxygen atoms in total. The number of hydrogen-bond donors (Lipinski definition) is 2. The Morgan fingerprint density at radius 3 is 1.89 bits per heavy atom. The highest BCUT2D eigenvalue weighted by Crippen LogP contribution is 2.31. The lowest BCUT2D eigenvalue weighted by Crippen LogP contribution is -2.41. The van der Waals surface area contributed by atoms with Crippen LogP contribution in [0.5, 0.6) is 17.2 Å². The quantitative estimate of drug-likeness (QED) is 0.728. The molecule has 2 rings (SSSR count). The minimum absolute atomic E-state index is 0.433. The van der Waals surface area contributed by atoms with Crippen molar-refractivity contribution < 1.29 is 23.8 Å². The second-order valence-electron chi connectivity index (χ2n) is 6.33. The first-order chi connectivity index (χ1) is 12.8. The zero-order chi connectivity index (χ0) is 20.0. The highest BCUT2D eigenvalue weighted by molar-refractivity contribution is 6.14. The largest absolute Gasteiger partial charge is 0.497 e. The number of hydrogen-bond acceptors (Lipinski definition) is 5. The molecular weight excluding hydrogens is 348 g/mol. The van der Waals surface area contributed by atoms with Gasteiger partial charge in [-0.05, 0) is 50.2 Å². The van der Waals surface area contributed by atoms with Crippen molar-refractivity contribution in [3.05, 3.63) is 42.5 Å². The lowest BCUT2D eigenvalue weighted by atomic mass is 9.90. The molecule has 2 aromatic rings. The van der Waals surface area contributed by atoms with E-state index in [1.807, 2.05) is 0 Å². The molecule has 2 aromatic carbocycles. The fraction of sp³-hybridized carbons (Fsp3) is 0.300. The topological polar surface area (TPSA) is 85.9 Å². The fourth-order valence-corrected chi connectivity index (χ4v) is 2.25. The number of amides is 2. The van der Waals surface area contributed by atoms with Gasteiger partial charge in [0.25, 0.3) is 0 Å². The number of rotatable bonds is 7. The summed E-state index contributed by atoms with van der Waals surface area (Å²) in [5, 5.41) is 5.48. The van der Waals surface area contributed by atoms with Gasteiger partial charge < -0.3 is 24.8 Å². The Morgan fingerprint density at radius 2 is 1.33 bits per heavy atom. The van der Waals surface area contributed by atoms with E-state index in [1.165, 1.54) is 7.11 Å². The van der Waals surface area contributed by atoms with Crippen molar-refractivity contribution in [1.29, 1.82) is 0 Å². The second kappa shape index (κ2) is 8.44. The van der Waals surface area contributed by atoms with Crippen LogP contribution in [-0.2, 0) is 9.59 Å². The van der Waals surface area contributed by atoms with Gasteiger partial charge in [0.05, 0.1) is 27.0 Å². The summed E-state index contributed by atoms with van der Waals surface area (Å²) in [5.74, 6) is 0.821. The van der Waals surface area contributed by atoms with Crippen molar-refractivity contribution in [2.75, 3.05) is 32.0 Å². The zero-order valence-corrected chi connectivity index (χ0v) is 16.1. The number of methoxy groups -OCH3 is 3. The van der Waals surface area contributed by atoms with Crippen molar-refractivity contribution in [2.24, 2.45) is 5.41 Å². The number of carbonyl (C=O) groups is 2. The highest BCUT2D eigenvalue weighted by atomic mass is 16.5. The van der Waals surface area contributed by atoms with Gasteiger partial charge in [0.1, 0.15) is 22.7 Å². The van der Waals surface area contributed by atoms with Gasteiger partial charge in [-0.25, -0.2) is 0 Å². The third kappa shape index (κ3) is 4.69. The first kappa shape index (κ1) is 20.1.